The maximum Gasteiger partial charge on any atom is 0.259 e. The van der Waals surface area contributed by atoms with Crippen molar-refractivity contribution in [2.75, 3.05) is 5.32 Å². The Morgan fingerprint density at radius 3 is 2.75 bits per heavy atom. The molecule has 1 aromatic carbocycles. The Balaban J connectivity index is 1.58. The molecule has 0 spiro atoms. The summed E-state index contributed by atoms with van der Waals surface area (Å²) in [6.45, 7) is 0. The lowest BCUT2D eigenvalue weighted by molar-refractivity contribution is 0.102. The van der Waals surface area contributed by atoms with E-state index in [2.05, 4.69) is 30.5 Å². The number of nitrogens with zero attached hydrogens (tertiary/aromatic N) is 5. The van der Waals surface area contributed by atoms with E-state index in [0.717, 1.165) is 6.20 Å². The molecule has 4 rings (SSSR count). The molecule has 0 fully saturated rings. The summed E-state index contributed by atoms with van der Waals surface area (Å²) in [5.41, 5.74) is 1.60. The molecule has 0 saturated carbocycles. The van der Waals surface area contributed by atoms with Crippen molar-refractivity contribution in [2.24, 2.45) is 0 Å². The van der Waals surface area contributed by atoms with Crippen LogP contribution in [0.1, 0.15) is 10.4 Å². The van der Waals surface area contributed by atoms with Crippen LogP contribution in [0.25, 0.3) is 22.7 Å². The first-order valence-corrected chi connectivity index (χ1v) is 8.29. The zero-order valence-electron chi connectivity index (χ0n) is 14.0. The fraction of sp³-hybridized carbons (Fsp3) is 0. The second-order valence-corrected chi connectivity index (χ2v) is 5.94. The van der Waals surface area contributed by atoms with Crippen molar-refractivity contribution in [3.63, 3.8) is 0 Å². The summed E-state index contributed by atoms with van der Waals surface area (Å²) in [7, 11) is 0. The van der Waals surface area contributed by atoms with Crippen molar-refractivity contribution in [2.45, 2.75) is 0 Å². The van der Waals surface area contributed by atoms with Crippen LogP contribution in [0, 0.1) is 5.82 Å². The lowest BCUT2D eigenvalue weighted by atomic mass is 10.1. The second-order valence-electron chi connectivity index (χ2n) is 5.54. The molecule has 138 valence electrons. The average molecular weight is 397 g/mol. The van der Waals surface area contributed by atoms with Crippen LogP contribution in [0.4, 0.5) is 10.2 Å². The van der Waals surface area contributed by atoms with Crippen LogP contribution in [-0.2, 0) is 0 Å². The minimum absolute atomic E-state index is 0.142. The molecule has 8 nitrogen and oxygen atoms in total. The number of aromatic nitrogens is 5. The molecule has 1 N–H and O–H groups in total. The van der Waals surface area contributed by atoms with Crippen LogP contribution >= 0.6 is 11.6 Å². The Labute approximate surface area is 162 Å². The number of benzene rings is 1. The Hall–Kier alpha value is -3.72. The maximum atomic E-state index is 13.6. The summed E-state index contributed by atoms with van der Waals surface area (Å²) in [4.78, 5) is 24.1. The van der Waals surface area contributed by atoms with Gasteiger partial charge in [0.15, 0.2) is 11.6 Å². The fourth-order valence-electron chi connectivity index (χ4n) is 2.43. The van der Waals surface area contributed by atoms with Crippen molar-refractivity contribution in [1.29, 1.82) is 0 Å². The zero-order valence-corrected chi connectivity index (χ0v) is 14.8. The lowest BCUT2D eigenvalue weighted by Gasteiger charge is -2.07. The molecule has 0 atom stereocenters. The Morgan fingerprint density at radius 1 is 1.14 bits per heavy atom. The molecule has 0 unspecified atom stereocenters. The highest BCUT2D eigenvalue weighted by Crippen LogP contribution is 2.30. The molecule has 0 bridgehead atoms. The van der Waals surface area contributed by atoms with E-state index >= 15 is 0 Å². The van der Waals surface area contributed by atoms with Crippen molar-refractivity contribution in [3.05, 3.63) is 71.8 Å². The van der Waals surface area contributed by atoms with Gasteiger partial charge < -0.3 is 9.73 Å². The van der Waals surface area contributed by atoms with E-state index in [1.54, 1.807) is 18.2 Å². The van der Waals surface area contributed by atoms with Gasteiger partial charge >= 0.3 is 0 Å². The molecule has 28 heavy (non-hydrogen) atoms. The van der Waals surface area contributed by atoms with E-state index in [4.69, 9.17) is 16.0 Å². The van der Waals surface area contributed by atoms with Gasteiger partial charge in [-0.3, -0.25) is 14.8 Å². The van der Waals surface area contributed by atoms with Crippen molar-refractivity contribution in [1.82, 2.24) is 25.1 Å². The molecule has 4 aromatic rings. The Morgan fingerprint density at radius 2 is 2.04 bits per heavy atom. The van der Waals surface area contributed by atoms with Crippen LogP contribution in [0.3, 0.4) is 0 Å². The molecular weight excluding hydrogens is 387 g/mol. The van der Waals surface area contributed by atoms with E-state index in [9.17, 15) is 9.18 Å². The third-order valence-electron chi connectivity index (χ3n) is 3.76. The first-order valence-electron chi connectivity index (χ1n) is 7.91. The van der Waals surface area contributed by atoms with Gasteiger partial charge in [0.2, 0.25) is 12.3 Å². The molecule has 0 aliphatic rings. The molecule has 10 heteroatoms. The zero-order chi connectivity index (χ0) is 19.5. The summed E-state index contributed by atoms with van der Waals surface area (Å²) >= 11 is 6.26. The molecule has 3 aromatic heterocycles. The second kappa shape index (κ2) is 7.49. The van der Waals surface area contributed by atoms with Gasteiger partial charge in [0.05, 0.1) is 34.9 Å². The van der Waals surface area contributed by atoms with Gasteiger partial charge in [-0.05, 0) is 24.3 Å². The van der Waals surface area contributed by atoms with E-state index < -0.39 is 11.7 Å². The fourth-order valence-corrected chi connectivity index (χ4v) is 2.64. The normalized spacial score (nSPS) is 10.6. The predicted octanol–water partition coefficient (Wildman–Crippen LogP) is 3.63. The SMILES string of the molecule is O=C(Nc1cnc(-c2cc(-c3nnco3)ccc2Cl)cn1)c1ccncc1F. The molecule has 1 amide bonds. The lowest BCUT2D eigenvalue weighted by Crippen LogP contribution is -2.15. The van der Waals surface area contributed by atoms with Gasteiger partial charge in [-0.2, -0.15) is 0 Å². The highest BCUT2D eigenvalue weighted by molar-refractivity contribution is 6.33. The minimum atomic E-state index is -0.728. The van der Waals surface area contributed by atoms with Crippen LogP contribution in [0.2, 0.25) is 5.02 Å². The van der Waals surface area contributed by atoms with Crippen molar-refractivity contribution < 1.29 is 13.6 Å². The number of hydrogen-bond acceptors (Lipinski definition) is 7. The van der Waals surface area contributed by atoms with Crippen LogP contribution in [-0.4, -0.2) is 31.1 Å². The highest BCUT2D eigenvalue weighted by atomic mass is 35.5. The molecule has 0 aliphatic heterocycles. The minimum Gasteiger partial charge on any atom is -0.423 e. The molecule has 0 radical (unpaired) electrons. The molecule has 0 saturated heterocycles. The number of carbonyl (C=O) groups is 1. The first-order chi connectivity index (χ1) is 13.6. The number of pyridine rings is 1. The maximum absolute atomic E-state index is 13.6. The summed E-state index contributed by atoms with van der Waals surface area (Å²) in [5.74, 6) is -0.879. The van der Waals surface area contributed by atoms with Crippen molar-refractivity contribution >= 4 is 23.3 Å². The number of halogens is 2. The number of rotatable bonds is 4. The monoisotopic (exact) mass is 396 g/mol. The van der Waals surface area contributed by atoms with Gasteiger partial charge in [-0.1, -0.05) is 11.6 Å². The first kappa shape index (κ1) is 17.7. The third-order valence-corrected chi connectivity index (χ3v) is 4.09. The van der Waals surface area contributed by atoms with E-state index in [0.29, 0.717) is 27.7 Å². The van der Waals surface area contributed by atoms with Crippen LogP contribution in [0.5, 0.6) is 0 Å². The van der Waals surface area contributed by atoms with Crippen molar-refractivity contribution in [3.8, 4) is 22.7 Å². The quantitative estimate of drug-likeness (QED) is 0.561. The Bertz CT molecular complexity index is 1140. The number of amides is 1. The standard InChI is InChI=1S/C18H10ClFN6O2/c19-13-2-1-10(18-26-24-9-28-18)5-12(13)15-7-23-16(8-22-15)25-17(27)11-3-4-21-6-14(11)20/h1-9H,(H,23,25,27). The van der Waals surface area contributed by atoms with E-state index in [1.807, 2.05) is 0 Å². The third kappa shape index (κ3) is 3.55. The number of anilines is 1. The summed E-state index contributed by atoms with van der Waals surface area (Å²) in [6.07, 6.45) is 6.30. The number of hydrogen-bond donors (Lipinski definition) is 1. The average Bonchev–Trinajstić information content (AvgIpc) is 3.24. The summed E-state index contributed by atoms with van der Waals surface area (Å²) in [6, 6.07) is 6.43. The van der Waals surface area contributed by atoms with Gasteiger partial charge in [0, 0.05) is 17.3 Å². The van der Waals surface area contributed by atoms with E-state index in [-0.39, 0.29) is 11.4 Å². The smallest absolute Gasteiger partial charge is 0.259 e. The van der Waals surface area contributed by atoms with Gasteiger partial charge in [-0.25, -0.2) is 9.37 Å². The largest absolute Gasteiger partial charge is 0.423 e. The molecule has 0 aliphatic carbocycles. The molecular formula is C18H10ClFN6O2. The van der Waals surface area contributed by atoms with Crippen LogP contribution < -0.4 is 5.32 Å². The topological polar surface area (TPSA) is 107 Å². The highest BCUT2D eigenvalue weighted by Gasteiger charge is 2.14. The Kier molecular flexibility index (Phi) is 4.73. The summed E-state index contributed by atoms with van der Waals surface area (Å²) < 4.78 is 18.8. The number of carbonyl (C=O) groups excluding carboxylic acids is 1. The van der Waals surface area contributed by atoms with Gasteiger partial charge in [0.25, 0.3) is 5.91 Å². The molecule has 3 heterocycles. The van der Waals surface area contributed by atoms with Crippen LogP contribution in [0.15, 0.2) is 59.9 Å². The van der Waals surface area contributed by atoms with Gasteiger partial charge in [-0.15, -0.1) is 10.2 Å². The predicted molar refractivity (Wildman–Crippen MR) is 97.9 cm³/mol. The number of nitrogens with one attached hydrogen (secondary N) is 1. The van der Waals surface area contributed by atoms with Gasteiger partial charge in [0.1, 0.15) is 0 Å². The van der Waals surface area contributed by atoms with E-state index in [1.165, 1.54) is 31.1 Å². The summed E-state index contributed by atoms with van der Waals surface area (Å²) in [5, 5.41) is 10.4.